The van der Waals surface area contributed by atoms with E-state index in [1.54, 1.807) is 12.4 Å². The van der Waals surface area contributed by atoms with Crippen LogP contribution in [0.25, 0.3) is 11.3 Å². The van der Waals surface area contributed by atoms with Gasteiger partial charge in [0.2, 0.25) is 0 Å². The first kappa shape index (κ1) is 12.4. The molecule has 4 heteroatoms. The molecular weight excluding hydrogens is 226 g/mol. The maximum absolute atomic E-state index is 5.68. The van der Waals surface area contributed by atoms with Crippen molar-refractivity contribution < 1.29 is 4.74 Å². The minimum Gasteiger partial charge on any atom is -0.491 e. The fourth-order valence-electron chi connectivity index (χ4n) is 1.72. The average molecular weight is 243 g/mol. The number of benzene rings is 1. The van der Waals surface area contributed by atoms with Gasteiger partial charge >= 0.3 is 0 Å². The number of hydrogen-bond donors (Lipinski definition) is 1. The molecule has 0 spiro atoms. The standard InChI is InChI=1S/C14H17N3O/c1-10(2)18-12-6-4-5-11(9-12)13-14(15-3)17-8-7-16-13/h4-10H,1-3H3,(H,15,17). The van der Waals surface area contributed by atoms with Gasteiger partial charge in [0.15, 0.2) is 5.82 Å². The normalized spacial score (nSPS) is 10.4. The van der Waals surface area contributed by atoms with Gasteiger partial charge in [-0.25, -0.2) is 4.98 Å². The van der Waals surface area contributed by atoms with E-state index in [9.17, 15) is 0 Å². The van der Waals surface area contributed by atoms with Crippen LogP contribution >= 0.6 is 0 Å². The van der Waals surface area contributed by atoms with Gasteiger partial charge in [0.25, 0.3) is 0 Å². The van der Waals surface area contributed by atoms with Crippen LogP contribution in [0.1, 0.15) is 13.8 Å². The molecule has 0 fully saturated rings. The van der Waals surface area contributed by atoms with Crippen molar-refractivity contribution in [3.05, 3.63) is 36.7 Å². The van der Waals surface area contributed by atoms with Crippen molar-refractivity contribution in [2.24, 2.45) is 0 Å². The van der Waals surface area contributed by atoms with Crippen LogP contribution in [0.4, 0.5) is 5.82 Å². The lowest BCUT2D eigenvalue weighted by Gasteiger charge is -2.11. The molecule has 0 amide bonds. The van der Waals surface area contributed by atoms with Crippen LogP contribution in [0.2, 0.25) is 0 Å². The van der Waals surface area contributed by atoms with E-state index in [4.69, 9.17) is 4.74 Å². The maximum atomic E-state index is 5.68. The Balaban J connectivity index is 2.38. The highest BCUT2D eigenvalue weighted by molar-refractivity contribution is 5.71. The average Bonchev–Trinajstić information content (AvgIpc) is 2.38. The van der Waals surface area contributed by atoms with Crippen LogP contribution in [0.3, 0.4) is 0 Å². The van der Waals surface area contributed by atoms with Gasteiger partial charge in [-0.05, 0) is 26.0 Å². The monoisotopic (exact) mass is 243 g/mol. The number of anilines is 1. The molecule has 2 rings (SSSR count). The summed E-state index contributed by atoms with van der Waals surface area (Å²) in [7, 11) is 1.84. The van der Waals surface area contributed by atoms with Crippen LogP contribution in [-0.4, -0.2) is 23.1 Å². The van der Waals surface area contributed by atoms with Crippen LogP contribution in [0.15, 0.2) is 36.7 Å². The molecular formula is C14H17N3O. The van der Waals surface area contributed by atoms with Crippen LogP contribution in [-0.2, 0) is 0 Å². The molecule has 0 bridgehead atoms. The zero-order chi connectivity index (χ0) is 13.0. The van der Waals surface area contributed by atoms with Gasteiger partial charge in [0, 0.05) is 25.0 Å². The lowest BCUT2D eigenvalue weighted by Crippen LogP contribution is -2.05. The first-order chi connectivity index (χ1) is 8.70. The summed E-state index contributed by atoms with van der Waals surface area (Å²) in [6, 6.07) is 7.88. The number of aromatic nitrogens is 2. The highest BCUT2D eigenvalue weighted by atomic mass is 16.5. The van der Waals surface area contributed by atoms with Crippen molar-refractivity contribution in [2.45, 2.75) is 20.0 Å². The van der Waals surface area contributed by atoms with Gasteiger partial charge in [-0.1, -0.05) is 12.1 Å². The summed E-state index contributed by atoms with van der Waals surface area (Å²) in [6.07, 6.45) is 3.52. The van der Waals surface area contributed by atoms with E-state index < -0.39 is 0 Å². The molecule has 0 atom stereocenters. The molecule has 0 aliphatic carbocycles. The molecule has 2 aromatic rings. The molecule has 0 aliphatic heterocycles. The molecule has 4 nitrogen and oxygen atoms in total. The predicted molar refractivity (Wildman–Crippen MR) is 72.8 cm³/mol. The topological polar surface area (TPSA) is 47.0 Å². The second kappa shape index (κ2) is 5.49. The van der Waals surface area contributed by atoms with E-state index in [1.807, 2.05) is 45.2 Å². The highest BCUT2D eigenvalue weighted by Crippen LogP contribution is 2.26. The summed E-state index contributed by atoms with van der Waals surface area (Å²) in [5.74, 6) is 1.61. The molecule has 0 saturated carbocycles. The lowest BCUT2D eigenvalue weighted by molar-refractivity contribution is 0.242. The van der Waals surface area contributed by atoms with E-state index in [0.717, 1.165) is 22.8 Å². The summed E-state index contributed by atoms with van der Waals surface area (Å²) in [6.45, 7) is 4.02. The van der Waals surface area contributed by atoms with Crippen LogP contribution < -0.4 is 10.1 Å². The SMILES string of the molecule is CNc1nccnc1-c1cccc(OC(C)C)c1. The minimum atomic E-state index is 0.158. The fraction of sp³-hybridized carbons (Fsp3) is 0.286. The molecule has 0 radical (unpaired) electrons. The van der Waals surface area contributed by atoms with Crippen molar-refractivity contribution >= 4 is 5.82 Å². The minimum absolute atomic E-state index is 0.158. The van der Waals surface area contributed by atoms with Crippen molar-refractivity contribution in [3.63, 3.8) is 0 Å². The first-order valence-corrected chi connectivity index (χ1v) is 5.96. The molecule has 0 unspecified atom stereocenters. The highest BCUT2D eigenvalue weighted by Gasteiger charge is 2.07. The van der Waals surface area contributed by atoms with E-state index in [-0.39, 0.29) is 6.10 Å². The Kier molecular flexibility index (Phi) is 3.77. The predicted octanol–water partition coefficient (Wildman–Crippen LogP) is 2.97. The van der Waals surface area contributed by atoms with Gasteiger partial charge in [-0.3, -0.25) is 4.98 Å². The van der Waals surface area contributed by atoms with E-state index in [1.165, 1.54) is 0 Å². The third kappa shape index (κ3) is 2.77. The van der Waals surface area contributed by atoms with Gasteiger partial charge in [0.05, 0.1) is 6.10 Å². The Morgan fingerprint density at radius 3 is 2.67 bits per heavy atom. The number of hydrogen-bond acceptors (Lipinski definition) is 4. The van der Waals surface area contributed by atoms with Gasteiger partial charge in [0.1, 0.15) is 11.4 Å². The van der Waals surface area contributed by atoms with Crippen molar-refractivity contribution in [1.29, 1.82) is 0 Å². The molecule has 0 saturated heterocycles. The molecule has 1 N–H and O–H groups in total. The Bertz CT molecular complexity index is 526. The summed E-state index contributed by atoms with van der Waals surface area (Å²) < 4.78 is 5.68. The van der Waals surface area contributed by atoms with E-state index >= 15 is 0 Å². The molecule has 0 aliphatic rings. The summed E-state index contributed by atoms with van der Waals surface area (Å²) in [5.41, 5.74) is 1.82. The number of rotatable bonds is 4. The summed E-state index contributed by atoms with van der Waals surface area (Å²) in [4.78, 5) is 8.61. The van der Waals surface area contributed by atoms with Crippen LogP contribution in [0.5, 0.6) is 5.75 Å². The van der Waals surface area contributed by atoms with Crippen molar-refractivity contribution in [3.8, 4) is 17.0 Å². The quantitative estimate of drug-likeness (QED) is 0.896. The number of nitrogens with zero attached hydrogens (tertiary/aromatic N) is 2. The second-order valence-corrected chi connectivity index (χ2v) is 4.20. The summed E-state index contributed by atoms with van der Waals surface area (Å²) in [5, 5.41) is 3.04. The zero-order valence-corrected chi connectivity index (χ0v) is 10.8. The molecule has 1 aromatic carbocycles. The maximum Gasteiger partial charge on any atom is 0.152 e. The van der Waals surface area contributed by atoms with Gasteiger partial charge in [-0.15, -0.1) is 0 Å². The van der Waals surface area contributed by atoms with E-state index in [2.05, 4.69) is 15.3 Å². The molecule has 1 aromatic heterocycles. The lowest BCUT2D eigenvalue weighted by atomic mass is 10.1. The van der Waals surface area contributed by atoms with Crippen molar-refractivity contribution in [1.82, 2.24) is 9.97 Å². The summed E-state index contributed by atoms with van der Waals surface area (Å²) >= 11 is 0. The smallest absolute Gasteiger partial charge is 0.152 e. The molecule has 1 heterocycles. The second-order valence-electron chi connectivity index (χ2n) is 4.20. The third-order valence-corrected chi connectivity index (χ3v) is 2.41. The van der Waals surface area contributed by atoms with Gasteiger partial charge < -0.3 is 10.1 Å². The first-order valence-electron chi connectivity index (χ1n) is 5.96. The number of nitrogens with one attached hydrogen (secondary N) is 1. The molecule has 18 heavy (non-hydrogen) atoms. The largest absolute Gasteiger partial charge is 0.491 e. The Hall–Kier alpha value is -2.10. The van der Waals surface area contributed by atoms with E-state index in [0.29, 0.717) is 0 Å². The van der Waals surface area contributed by atoms with Crippen molar-refractivity contribution in [2.75, 3.05) is 12.4 Å². The molecule has 94 valence electrons. The zero-order valence-electron chi connectivity index (χ0n) is 10.8. The third-order valence-electron chi connectivity index (χ3n) is 2.41. The number of ether oxygens (including phenoxy) is 1. The fourth-order valence-corrected chi connectivity index (χ4v) is 1.72. The Labute approximate surface area is 107 Å². The van der Waals surface area contributed by atoms with Crippen LogP contribution in [0, 0.1) is 0 Å². The Morgan fingerprint density at radius 1 is 1.17 bits per heavy atom. The van der Waals surface area contributed by atoms with Gasteiger partial charge in [-0.2, -0.15) is 0 Å². The Morgan fingerprint density at radius 2 is 1.94 bits per heavy atom.